The number of para-hydroxylation sites is 2. The molecular weight excluding hydrogens is 456 g/mol. The minimum atomic E-state index is -3.62. The zero-order chi connectivity index (χ0) is 24.5. The van der Waals surface area contributed by atoms with Crippen LogP contribution in [-0.2, 0) is 24.3 Å². The Bertz CT molecular complexity index is 1150. The van der Waals surface area contributed by atoms with Crippen molar-refractivity contribution in [1.29, 1.82) is 0 Å². The summed E-state index contributed by atoms with van der Waals surface area (Å²) in [6.45, 7) is 4.70. The maximum absolute atomic E-state index is 13.5. The molecule has 9 heteroatoms. The summed E-state index contributed by atoms with van der Waals surface area (Å²) < 4.78 is 38.2. The predicted octanol–water partition coefficient (Wildman–Crippen LogP) is 3.18. The molecule has 1 atom stereocenters. The molecule has 0 spiro atoms. The van der Waals surface area contributed by atoms with Crippen LogP contribution in [0.2, 0.25) is 0 Å². The monoisotopic (exact) mass is 486 g/mol. The van der Waals surface area contributed by atoms with Gasteiger partial charge in [-0.3, -0.25) is 4.79 Å². The maximum atomic E-state index is 13.5. The SMILES string of the molecule is COC(=O)[C@H]1CN(C(=O)C2CCN(S(=O)(=O)c3ccc(C(C)C)cc3)CC2)c2ccccc2O1. The molecule has 0 radical (unpaired) electrons. The highest BCUT2D eigenvalue weighted by Gasteiger charge is 2.39. The molecule has 2 aliphatic rings. The Balaban J connectivity index is 1.46. The Hall–Kier alpha value is -2.91. The molecule has 0 unspecified atom stereocenters. The highest BCUT2D eigenvalue weighted by atomic mass is 32.2. The van der Waals surface area contributed by atoms with Crippen molar-refractivity contribution in [2.75, 3.05) is 31.6 Å². The van der Waals surface area contributed by atoms with Gasteiger partial charge < -0.3 is 14.4 Å². The van der Waals surface area contributed by atoms with E-state index in [9.17, 15) is 18.0 Å². The number of methoxy groups -OCH3 is 1. The van der Waals surface area contributed by atoms with Gasteiger partial charge in [-0.15, -0.1) is 0 Å². The molecule has 2 aliphatic heterocycles. The molecule has 1 amide bonds. The number of hydrogen-bond donors (Lipinski definition) is 0. The molecule has 1 saturated heterocycles. The van der Waals surface area contributed by atoms with Crippen molar-refractivity contribution in [2.24, 2.45) is 5.92 Å². The number of ether oxygens (including phenoxy) is 2. The lowest BCUT2D eigenvalue weighted by Crippen LogP contribution is -2.51. The van der Waals surface area contributed by atoms with Crippen LogP contribution in [0.1, 0.15) is 38.2 Å². The number of nitrogens with zero attached hydrogens (tertiary/aromatic N) is 2. The van der Waals surface area contributed by atoms with Crippen molar-refractivity contribution in [3.05, 3.63) is 54.1 Å². The molecule has 2 heterocycles. The van der Waals surface area contributed by atoms with Gasteiger partial charge in [0.2, 0.25) is 22.0 Å². The van der Waals surface area contributed by atoms with E-state index in [1.165, 1.54) is 11.4 Å². The first-order chi connectivity index (χ1) is 16.2. The first kappa shape index (κ1) is 24.2. The normalized spacial score (nSPS) is 19.4. The molecular formula is C25H30N2O6S. The van der Waals surface area contributed by atoms with Crippen LogP contribution in [0.5, 0.6) is 5.75 Å². The third-order valence-corrected chi connectivity index (χ3v) is 8.40. The number of hydrogen-bond acceptors (Lipinski definition) is 6. The lowest BCUT2D eigenvalue weighted by atomic mass is 9.95. The number of benzene rings is 2. The minimum absolute atomic E-state index is 0.0588. The van der Waals surface area contributed by atoms with E-state index in [1.807, 2.05) is 12.1 Å². The van der Waals surface area contributed by atoms with Crippen molar-refractivity contribution in [3.63, 3.8) is 0 Å². The number of fused-ring (bicyclic) bond motifs is 1. The van der Waals surface area contributed by atoms with Gasteiger partial charge in [-0.2, -0.15) is 4.31 Å². The van der Waals surface area contributed by atoms with Crippen LogP contribution < -0.4 is 9.64 Å². The number of sulfonamides is 1. The summed E-state index contributed by atoms with van der Waals surface area (Å²) in [4.78, 5) is 27.4. The number of rotatable bonds is 5. The van der Waals surface area contributed by atoms with Crippen LogP contribution in [0.15, 0.2) is 53.4 Å². The van der Waals surface area contributed by atoms with Crippen molar-refractivity contribution in [2.45, 2.75) is 43.6 Å². The number of amides is 1. The van der Waals surface area contributed by atoms with Crippen LogP contribution >= 0.6 is 0 Å². The molecule has 34 heavy (non-hydrogen) atoms. The van der Waals surface area contributed by atoms with E-state index in [1.54, 1.807) is 41.3 Å². The largest absolute Gasteiger partial charge is 0.475 e. The van der Waals surface area contributed by atoms with Crippen LogP contribution in [-0.4, -0.2) is 57.4 Å². The van der Waals surface area contributed by atoms with E-state index in [4.69, 9.17) is 9.47 Å². The van der Waals surface area contributed by atoms with Crippen molar-refractivity contribution in [3.8, 4) is 5.75 Å². The highest BCUT2D eigenvalue weighted by Crippen LogP contribution is 2.36. The van der Waals surface area contributed by atoms with Gasteiger partial charge in [0.05, 0.1) is 24.2 Å². The summed E-state index contributed by atoms with van der Waals surface area (Å²) in [7, 11) is -2.34. The van der Waals surface area contributed by atoms with E-state index in [0.717, 1.165) is 5.56 Å². The van der Waals surface area contributed by atoms with E-state index in [2.05, 4.69) is 13.8 Å². The number of piperidine rings is 1. The van der Waals surface area contributed by atoms with Crippen LogP contribution in [0, 0.1) is 5.92 Å². The Kier molecular flexibility index (Phi) is 6.95. The number of carbonyl (C=O) groups excluding carboxylic acids is 2. The van der Waals surface area contributed by atoms with Gasteiger partial charge >= 0.3 is 5.97 Å². The minimum Gasteiger partial charge on any atom is -0.475 e. The lowest BCUT2D eigenvalue weighted by Gasteiger charge is -2.37. The third-order valence-electron chi connectivity index (χ3n) is 6.49. The first-order valence-corrected chi connectivity index (χ1v) is 12.9. The Morgan fingerprint density at radius 1 is 1.03 bits per heavy atom. The van der Waals surface area contributed by atoms with Crippen LogP contribution in [0.3, 0.4) is 0 Å². The Labute approximate surface area is 200 Å². The van der Waals surface area contributed by atoms with Crippen LogP contribution in [0.4, 0.5) is 5.69 Å². The zero-order valence-corrected chi connectivity index (χ0v) is 20.5. The van der Waals surface area contributed by atoms with Gasteiger partial charge in [0, 0.05) is 19.0 Å². The van der Waals surface area contributed by atoms with Crippen molar-refractivity contribution in [1.82, 2.24) is 4.31 Å². The lowest BCUT2D eigenvalue weighted by molar-refractivity contribution is -0.148. The third kappa shape index (κ3) is 4.67. The fourth-order valence-electron chi connectivity index (χ4n) is 4.43. The topological polar surface area (TPSA) is 93.2 Å². The van der Waals surface area contributed by atoms with Gasteiger partial charge in [-0.25, -0.2) is 13.2 Å². The van der Waals surface area contributed by atoms with Gasteiger partial charge in [0.1, 0.15) is 5.75 Å². The summed E-state index contributed by atoms with van der Waals surface area (Å²) in [5, 5.41) is 0. The van der Waals surface area contributed by atoms with E-state index < -0.39 is 22.1 Å². The number of esters is 1. The average molecular weight is 487 g/mol. The predicted molar refractivity (Wildman–Crippen MR) is 127 cm³/mol. The van der Waals surface area contributed by atoms with E-state index in [-0.39, 0.29) is 36.4 Å². The average Bonchev–Trinajstić information content (AvgIpc) is 2.87. The highest BCUT2D eigenvalue weighted by molar-refractivity contribution is 7.89. The summed E-state index contributed by atoms with van der Waals surface area (Å²) in [6, 6.07) is 14.1. The molecule has 0 aliphatic carbocycles. The fraction of sp³-hybridized carbons (Fsp3) is 0.440. The summed E-state index contributed by atoms with van der Waals surface area (Å²) in [5.74, 6) is -0.260. The molecule has 182 valence electrons. The van der Waals surface area contributed by atoms with Crippen molar-refractivity contribution >= 4 is 27.6 Å². The second kappa shape index (κ2) is 9.76. The Morgan fingerprint density at radius 2 is 1.68 bits per heavy atom. The summed E-state index contributed by atoms with van der Waals surface area (Å²) >= 11 is 0. The molecule has 0 saturated carbocycles. The number of carbonyl (C=O) groups is 2. The zero-order valence-electron chi connectivity index (χ0n) is 19.6. The molecule has 2 aromatic carbocycles. The molecule has 0 aromatic heterocycles. The number of anilines is 1. The molecule has 1 fully saturated rings. The van der Waals surface area contributed by atoms with Gasteiger partial charge in [-0.05, 0) is 48.6 Å². The van der Waals surface area contributed by atoms with Gasteiger partial charge in [0.15, 0.2) is 0 Å². The fourth-order valence-corrected chi connectivity index (χ4v) is 5.90. The molecule has 2 aromatic rings. The van der Waals surface area contributed by atoms with Gasteiger partial charge in [-0.1, -0.05) is 38.1 Å². The summed E-state index contributed by atoms with van der Waals surface area (Å²) in [6.07, 6.45) is -0.0899. The maximum Gasteiger partial charge on any atom is 0.348 e. The molecule has 4 rings (SSSR count). The second-order valence-corrected chi connectivity index (χ2v) is 10.9. The van der Waals surface area contributed by atoms with Gasteiger partial charge in [0.25, 0.3) is 0 Å². The van der Waals surface area contributed by atoms with E-state index in [0.29, 0.717) is 30.2 Å². The second-order valence-electron chi connectivity index (χ2n) is 8.95. The van der Waals surface area contributed by atoms with Crippen molar-refractivity contribution < 1.29 is 27.5 Å². The van der Waals surface area contributed by atoms with Crippen LogP contribution in [0.25, 0.3) is 0 Å². The summed E-state index contributed by atoms with van der Waals surface area (Å²) in [5.41, 5.74) is 1.69. The molecule has 0 N–H and O–H groups in total. The quantitative estimate of drug-likeness (QED) is 0.603. The smallest absolute Gasteiger partial charge is 0.348 e. The Morgan fingerprint density at radius 3 is 2.29 bits per heavy atom. The van der Waals surface area contributed by atoms with E-state index >= 15 is 0 Å². The first-order valence-electron chi connectivity index (χ1n) is 11.5. The standard InChI is InChI=1S/C25H30N2O6S/c1-17(2)18-8-10-20(11-9-18)34(30,31)26-14-12-19(13-15-26)24(28)27-16-23(25(29)32-3)33-22-7-5-4-6-21(22)27/h4-11,17,19,23H,12-16H2,1-3H3/t23-/m1/s1. The molecule has 0 bridgehead atoms. The molecule has 8 nitrogen and oxygen atoms in total.